The van der Waals surface area contributed by atoms with Crippen molar-refractivity contribution in [1.82, 2.24) is 0 Å². The van der Waals surface area contributed by atoms with Crippen molar-refractivity contribution in [3.63, 3.8) is 0 Å². The lowest BCUT2D eigenvalue weighted by molar-refractivity contribution is -0.293. The van der Waals surface area contributed by atoms with Crippen LogP contribution in [0.15, 0.2) is 0 Å². The zero-order chi connectivity index (χ0) is 8.22. The van der Waals surface area contributed by atoms with Gasteiger partial charge in [0, 0.05) is 5.41 Å². The van der Waals surface area contributed by atoms with Gasteiger partial charge in [0.2, 0.25) is 0 Å². The summed E-state index contributed by atoms with van der Waals surface area (Å²) in [6, 6.07) is 0. The number of hydrogen-bond acceptors (Lipinski definition) is 1. The van der Waals surface area contributed by atoms with Crippen molar-refractivity contribution in [3.8, 4) is 0 Å². The summed E-state index contributed by atoms with van der Waals surface area (Å²) < 4.78 is 5.77. The quantitative estimate of drug-likeness (QED) is 0.521. The average Bonchev–Trinajstić information content (AvgIpc) is 1.93. The molecule has 1 heteroatoms. The summed E-state index contributed by atoms with van der Waals surface area (Å²) in [6.45, 7) is 9.36. The van der Waals surface area contributed by atoms with Crippen LogP contribution in [0.5, 0.6) is 0 Å². The van der Waals surface area contributed by atoms with Crippen LogP contribution in [0, 0.1) is 17.3 Å². The van der Waals surface area contributed by atoms with E-state index >= 15 is 0 Å². The van der Waals surface area contributed by atoms with Crippen LogP contribution in [0.1, 0.15) is 34.1 Å². The third kappa shape index (κ3) is 0.807. The predicted molar refractivity (Wildman–Crippen MR) is 45.4 cm³/mol. The molecule has 0 spiro atoms. The smallest absolute Gasteiger partial charge is 0.0682 e. The molecular formula is C10H18O. The Labute approximate surface area is 69.1 Å². The highest BCUT2D eigenvalue weighted by Gasteiger charge is 2.56. The molecule has 1 saturated carbocycles. The summed E-state index contributed by atoms with van der Waals surface area (Å²) in [6.07, 6.45) is 2.36. The van der Waals surface area contributed by atoms with Crippen LogP contribution in [0.25, 0.3) is 0 Å². The maximum Gasteiger partial charge on any atom is 0.0682 e. The molecule has 3 aliphatic rings. The molecule has 0 radical (unpaired) electrons. The van der Waals surface area contributed by atoms with E-state index in [4.69, 9.17) is 4.74 Å². The van der Waals surface area contributed by atoms with Crippen LogP contribution in [0.3, 0.4) is 0 Å². The van der Waals surface area contributed by atoms with E-state index in [1.807, 2.05) is 0 Å². The lowest BCUT2D eigenvalue weighted by atomic mass is 9.60. The van der Waals surface area contributed by atoms with E-state index in [1.54, 1.807) is 0 Å². The Hall–Kier alpha value is -0.0400. The van der Waals surface area contributed by atoms with Gasteiger partial charge in [-0.1, -0.05) is 27.7 Å². The lowest BCUT2D eigenvalue weighted by Gasteiger charge is -2.60. The molecule has 3 fully saturated rings. The van der Waals surface area contributed by atoms with Crippen LogP contribution in [0.4, 0.5) is 0 Å². The highest BCUT2D eigenvalue weighted by atomic mass is 16.5. The fourth-order valence-electron chi connectivity index (χ4n) is 2.65. The molecule has 0 aromatic heterocycles. The molecule has 1 nitrogen and oxygen atoms in total. The molecule has 0 amide bonds. The van der Waals surface area contributed by atoms with Gasteiger partial charge in [0.1, 0.15) is 0 Å². The second-order valence-corrected chi connectivity index (χ2v) is 4.94. The Kier molecular flexibility index (Phi) is 1.39. The van der Waals surface area contributed by atoms with Gasteiger partial charge >= 0.3 is 0 Å². The predicted octanol–water partition coefficient (Wildman–Crippen LogP) is 2.46. The molecule has 64 valence electrons. The molecule has 11 heavy (non-hydrogen) atoms. The Bertz CT molecular complexity index is 174. The van der Waals surface area contributed by atoms with E-state index in [-0.39, 0.29) is 0 Å². The first kappa shape index (κ1) is 7.60. The monoisotopic (exact) mass is 154 g/mol. The normalized spacial score (nSPS) is 53.5. The van der Waals surface area contributed by atoms with Crippen molar-refractivity contribution in [2.75, 3.05) is 0 Å². The molecule has 2 heterocycles. The van der Waals surface area contributed by atoms with Gasteiger partial charge in [0.25, 0.3) is 0 Å². The van der Waals surface area contributed by atoms with Crippen LogP contribution in [-0.4, -0.2) is 12.2 Å². The van der Waals surface area contributed by atoms with Crippen LogP contribution in [-0.2, 0) is 4.74 Å². The topological polar surface area (TPSA) is 9.23 Å². The first-order valence-electron chi connectivity index (χ1n) is 4.69. The Balaban J connectivity index is 2.17. The van der Waals surface area contributed by atoms with Crippen molar-refractivity contribution < 1.29 is 4.74 Å². The zero-order valence-corrected chi connectivity index (χ0v) is 7.92. The van der Waals surface area contributed by atoms with Crippen molar-refractivity contribution in [2.24, 2.45) is 17.3 Å². The number of ether oxygens (including phenoxy) is 1. The molecule has 4 atom stereocenters. The summed E-state index contributed by atoms with van der Waals surface area (Å²) in [7, 11) is 0. The molecule has 0 N–H and O–H groups in total. The third-order valence-corrected chi connectivity index (χ3v) is 3.83. The lowest BCUT2D eigenvalue weighted by Crippen LogP contribution is -2.64. The van der Waals surface area contributed by atoms with E-state index in [2.05, 4.69) is 27.7 Å². The highest BCUT2D eigenvalue weighted by molar-refractivity contribution is 5.04. The molecule has 2 aliphatic heterocycles. The van der Waals surface area contributed by atoms with E-state index in [9.17, 15) is 0 Å². The molecule has 2 saturated heterocycles. The zero-order valence-electron chi connectivity index (χ0n) is 7.92. The molecular weight excluding hydrogens is 136 g/mol. The van der Waals surface area contributed by atoms with Gasteiger partial charge < -0.3 is 4.74 Å². The minimum Gasteiger partial charge on any atom is -0.373 e. The van der Waals surface area contributed by atoms with Crippen molar-refractivity contribution in [1.29, 1.82) is 0 Å². The minimum absolute atomic E-state index is 0.464. The number of hydrogen-bond donors (Lipinski definition) is 0. The van der Waals surface area contributed by atoms with Gasteiger partial charge in [-0.2, -0.15) is 0 Å². The molecule has 1 aliphatic carbocycles. The van der Waals surface area contributed by atoms with E-state index in [0.29, 0.717) is 17.6 Å². The standard InChI is InChI=1S/C10H18O/c1-6-5-8-10(3,4)9(11-8)7(6)2/h6-9H,5H2,1-4H3. The molecule has 2 bridgehead atoms. The maximum absolute atomic E-state index is 5.77. The minimum atomic E-state index is 0.464. The number of fused-ring (bicyclic) bond motifs is 2. The van der Waals surface area contributed by atoms with Gasteiger partial charge in [-0.3, -0.25) is 0 Å². The van der Waals surface area contributed by atoms with Crippen LogP contribution in [0.2, 0.25) is 0 Å². The maximum atomic E-state index is 5.77. The molecule has 0 aromatic carbocycles. The highest BCUT2D eigenvalue weighted by Crippen LogP contribution is 2.53. The second-order valence-electron chi connectivity index (χ2n) is 4.94. The summed E-state index contributed by atoms with van der Waals surface area (Å²) >= 11 is 0. The molecule has 4 unspecified atom stereocenters. The first-order valence-corrected chi connectivity index (χ1v) is 4.69. The first-order chi connectivity index (χ1) is 5.03. The van der Waals surface area contributed by atoms with Crippen molar-refractivity contribution in [2.45, 2.75) is 46.3 Å². The second kappa shape index (κ2) is 2.01. The van der Waals surface area contributed by atoms with Crippen LogP contribution >= 0.6 is 0 Å². The Morgan fingerprint density at radius 3 is 2.27 bits per heavy atom. The largest absolute Gasteiger partial charge is 0.373 e. The SMILES string of the molecule is CC1CC2OC(C1C)C2(C)C. The molecule has 0 aromatic rings. The summed E-state index contributed by atoms with van der Waals surface area (Å²) in [5, 5.41) is 0. The van der Waals surface area contributed by atoms with Gasteiger partial charge in [-0.15, -0.1) is 0 Å². The average molecular weight is 154 g/mol. The van der Waals surface area contributed by atoms with Crippen molar-refractivity contribution in [3.05, 3.63) is 0 Å². The van der Waals surface area contributed by atoms with E-state index in [1.165, 1.54) is 6.42 Å². The van der Waals surface area contributed by atoms with E-state index < -0.39 is 0 Å². The van der Waals surface area contributed by atoms with Crippen LogP contribution < -0.4 is 0 Å². The fourth-order valence-corrected chi connectivity index (χ4v) is 2.65. The fraction of sp³-hybridized carbons (Fsp3) is 1.00. The molecule has 3 rings (SSSR count). The summed E-state index contributed by atoms with van der Waals surface area (Å²) in [5.41, 5.74) is 0.464. The van der Waals surface area contributed by atoms with Gasteiger partial charge in [0.05, 0.1) is 12.2 Å². The third-order valence-electron chi connectivity index (χ3n) is 3.83. The van der Waals surface area contributed by atoms with Gasteiger partial charge in [0.15, 0.2) is 0 Å². The van der Waals surface area contributed by atoms with Crippen molar-refractivity contribution >= 4 is 0 Å². The Morgan fingerprint density at radius 1 is 1.27 bits per heavy atom. The van der Waals surface area contributed by atoms with Gasteiger partial charge in [-0.05, 0) is 18.3 Å². The summed E-state index contributed by atoms with van der Waals surface area (Å²) in [4.78, 5) is 0. The number of rotatable bonds is 0. The summed E-state index contributed by atoms with van der Waals surface area (Å²) in [5.74, 6) is 1.63. The Morgan fingerprint density at radius 2 is 1.91 bits per heavy atom. The van der Waals surface area contributed by atoms with E-state index in [0.717, 1.165) is 11.8 Å². The van der Waals surface area contributed by atoms with Gasteiger partial charge in [-0.25, -0.2) is 0 Å².